The smallest absolute Gasteiger partial charge is 0.320 e. The number of carbonyl (C=O) groups is 1. The Balaban J connectivity index is 2.72. The number of carboxylic acids is 1. The van der Waals surface area contributed by atoms with Crippen LogP contribution in [0.5, 0.6) is 5.75 Å². The van der Waals surface area contributed by atoms with Crippen LogP contribution < -0.4 is 10.1 Å². The standard InChI is InChI=1S/C12H17NO3/c1-8(13-9(2)12(14)15)10-5-4-6-11(7-10)16-3/h4-9,13H,1-3H3,(H,14,15)/t8-,9+/m1/s1. The first-order chi connectivity index (χ1) is 7.54. The van der Waals surface area contributed by atoms with E-state index in [9.17, 15) is 4.79 Å². The predicted octanol–water partition coefficient (Wildman–Crippen LogP) is 1.82. The lowest BCUT2D eigenvalue weighted by Crippen LogP contribution is -2.35. The molecule has 0 aliphatic carbocycles. The fourth-order valence-corrected chi connectivity index (χ4v) is 1.45. The van der Waals surface area contributed by atoms with Crippen molar-refractivity contribution in [2.45, 2.75) is 25.9 Å². The van der Waals surface area contributed by atoms with Crippen LogP contribution in [0.4, 0.5) is 0 Å². The van der Waals surface area contributed by atoms with Crippen LogP contribution in [0, 0.1) is 0 Å². The molecule has 0 bridgehead atoms. The highest BCUT2D eigenvalue weighted by Gasteiger charge is 2.14. The van der Waals surface area contributed by atoms with Crippen LogP contribution in [-0.4, -0.2) is 24.2 Å². The number of benzene rings is 1. The summed E-state index contributed by atoms with van der Waals surface area (Å²) in [7, 11) is 1.61. The molecule has 0 aliphatic rings. The summed E-state index contributed by atoms with van der Waals surface area (Å²) in [5.41, 5.74) is 1.01. The zero-order valence-electron chi connectivity index (χ0n) is 9.73. The van der Waals surface area contributed by atoms with Gasteiger partial charge in [-0.25, -0.2) is 0 Å². The van der Waals surface area contributed by atoms with Gasteiger partial charge in [0.25, 0.3) is 0 Å². The molecule has 16 heavy (non-hydrogen) atoms. The Bertz CT molecular complexity index is 365. The first kappa shape index (κ1) is 12.5. The minimum absolute atomic E-state index is 0.0267. The third kappa shape index (κ3) is 3.24. The van der Waals surface area contributed by atoms with Gasteiger partial charge in [0, 0.05) is 6.04 Å². The quantitative estimate of drug-likeness (QED) is 0.799. The Hall–Kier alpha value is -1.55. The number of hydrogen-bond donors (Lipinski definition) is 2. The fraction of sp³-hybridized carbons (Fsp3) is 0.417. The summed E-state index contributed by atoms with van der Waals surface area (Å²) in [5.74, 6) is -0.0797. The van der Waals surface area contributed by atoms with E-state index >= 15 is 0 Å². The molecule has 0 fully saturated rings. The third-order valence-corrected chi connectivity index (χ3v) is 2.46. The fourth-order valence-electron chi connectivity index (χ4n) is 1.45. The molecule has 88 valence electrons. The van der Waals surface area contributed by atoms with E-state index in [1.54, 1.807) is 14.0 Å². The number of methoxy groups -OCH3 is 1. The topological polar surface area (TPSA) is 58.6 Å². The van der Waals surface area contributed by atoms with Crippen LogP contribution in [0.25, 0.3) is 0 Å². The van der Waals surface area contributed by atoms with Crippen molar-refractivity contribution in [1.29, 1.82) is 0 Å². The van der Waals surface area contributed by atoms with Crippen molar-refractivity contribution in [3.05, 3.63) is 29.8 Å². The second-order valence-electron chi connectivity index (χ2n) is 3.72. The Morgan fingerprint density at radius 3 is 2.69 bits per heavy atom. The van der Waals surface area contributed by atoms with Crippen LogP contribution in [0.15, 0.2) is 24.3 Å². The summed E-state index contributed by atoms with van der Waals surface area (Å²) in [6.07, 6.45) is 0. The lowest BCUT2D eigenvalue weighted by atomic mass is 10.1. The zero-order chi connectivity index (χ0) is 12.1. The van der Waals surface area contributed by atoms with Gasteiger partial charge in [0.05, 0.1) is 7.11 Å². The van der Waals surface area contributed by atoms with Crippen LogP contribution in [0.2, 0.25) is 0 Å². The lowest BCUT2D eigenvalue weighted by molar-refractivity contribution is -0.139. The predicted molar refractivity (Wildman–Crippen MR) is 61.6 cm³/mol. The molecule has 1 aromatic carbocycles. The highest BCUT2D eigenvalue weighted by atomic mass is 16.5. The summed E-state index contributed by atoms with van der Waals surface area (Å²) in [4.78, 5) is 10.7. The summed E-state index contributed by atoms with van der Waals surface area (Å²) in [6, 6.07) is 6.98. The molecule has 0 saturated carbocycles. The molecule has 0 aromatic heterocycles. The van der Waals surface area contributed by atoms with Crippen LogP contribution in [0.3, 0.4) is 0 Å². The van der Waals surface area contributed by atoms with E-state index in [4.69, 9.17) is 9.84 Å². The molecular weight excluding hydrogens is 206 g/mol. The molecule has 0 spiro atoms. The molecule has 4 heteroatoms. The molecule has 0 saturated heterocycles. The van der Waals surface area contributed by atoms with Crippen LogP contribution in [-0.2, 0) is 4.79 Å². The normalized spacial score (nSPS) is 14.2. The van der Waals surface area contributed by atoms with E-state index in [2.05, 4.69) is 5.32 Å². The Labute approximate surface area is 95.2 Å². The summed E-state index contributed by atoms with van der Waals surface area (Å²) in [6.45, 7) is 3.55. The van der Waals surface area contributed by atoms with Gasteiger partial charge in [-0.15, -0.1) is 0 Å². The van der Waals surface area contributed by atoms with Gasteiger partial charge in [-0.05, 0) is 31.5 Å². The molecule has 1 rings (SSSR count). The van der Waals surface area contributed by atoms with Gasteiger partial charge >= 0.3 is 5.97 Å². The third-order valence-electron chi connectivity index (χ3n) is 2.46. The Morgan fingerprint density at radius 2 is 2.12 bits per heavy atom. The van der Waals surface area contributed by atoms with Crippen LogP contribution >= 0.6 is 0 Å². The minimum Gasteiger partial charge on any atom is -0.497 e. The largest absolute Gasteiger partial charge is 0.497 e. The minimum atomic E-state index is -0.852. The molecule has 0 amide bonds. The summed E-state index contributed by atoms with van der Waals surface area (Å²) in [5, 5.41) is 11.8. The molecule has 0 heterocycles. The van der Waals surface area contributed by atoms with E-state index in [1.807, 2.05) is 31.2 Å². The number of hydrogen-bond acceptors (Lipinski definition) is 3. The molecule has 2 atom stereocenters. The van der Waals surface area contributed by atoms with Gasteiger partial charge < -0.3 is 9.84 Å². The number of ether oxygens (including phenoxy) is 1. The highest BCUT2D eigenvalue weighted by Crippen LogP contribution is 2.18. The maximum absolute atomic E-state index is 10.7. The van der Waals surface area contributed by atoms with Crippen molar-refractivity contribution < 1.29 is 14.6 Å². The average Bonchev–Trinajstić information content (AvgIpc) is 2.28. The number of rotatable bonds is 5. The van der Waals surface area contributed by atoms with E-state index < -0.39 is 12.0 Å². The number of carboxylic acid groups (broad SMARTS) is 1. The van der Waals surface area contributed by atoms with Crippen molar-refractivity contribution in [2.24, 2.45) is 0 Å². The molecule has 2 N–H and O–H groups in total. The van der Waals surface area contributed by atoms with Gasteiger partial charge in [0.15, 0.2) is 0 Å². The molecule has 1 aromatic rings. The van der Waals surface area contributed by atoms with Gasteiger partial charge in [-0.1, -0.05) is 12.1 Å². The van der Waals surface area contributed by atoms with Crippen molar-refractivity contribution in [3.8, 4) is 5.75 Å². The Kier molecular flexibility index (Phi) is 4.31. The average molecular weight is 223 g/mol. The van der Waals surface area contributed by atoms with Crippen molar-refractivity contribution in [2.75, 3.05) is 7.11 Å². The van der Waals surface area contributed by atoms with E-state index in [0.717, 1.165) is 11.3 Å². The monoisotopic (exact) mass is 223 g/mol. The molecule has 0 aliphatic heterocycles. The lowest BCUT2D eigenvalue weighted by Gasteiger charge is -2.17. The number of aliphatic carboxylic acids is 1. The molecule has 0 radical (unpaired) electrons. The van der Waals surface area contributed by atoms with Crippen molar-refractivity contribution in [3.63, 3.8) is 0 Å². The first-order valence-corrected chi connectivity index (χ1v) is 5.17. The van der Waals surface area contributed by atoms with Gasteiger partial charge in [0.1, 0.15) is 11.8 Å². The maximum Gasteiger partial charge on any atom is 0.320 e. The van der Waals surface area contributed by atoms with Gasteiger partial charge in [0.2, 0.25) is 0 Å². The molecule has 0 unspecified atom stereocenters. The second-order valence-corrected chi connectivity index (χ2v) is 3.72. The molecular formula is C12H17NO3. The summed E-state index contributed by atoms with van der Waals surface area (Å²) >= 11 is 0. The van der Waals surface area contributed by atoms with Crippen molar-refractivity contribution >= 4 is 5.97 Å². The van der Waals surface area contributed by atoms with Crippen molar-refractivity contribution in [1.82, 2.24) is 5.32 Å². The van der Waals surface area contributed by atoms with E-state index in [-0.39, 0.29) is 6.04 Å². The van der Waals surface area contributed by atoms with E-state index in [0.29, 0.717) is 0 Å². The van der Waals surface area contributed by atoms with E-state index in [1.165, 1.54) is 0 Å². The zero-order valence-corrected chi connectivity index (χ0v) is 9.73. The molecule has 4 nitrogen and oxygen atoms in total. The van der Waals surface area contributed by atoms with Gasteiger partial charge in [-0.2, -0.15) is 0 Å². The van der Waals surface area contributed by atoms with Gasteiger partial charge in [-0.3, -0.25) is 10.1 Å². The second kappa shape index (κ2) is 5.51. The number of nitrogens with one attached hydrogen (secondary N) is 1. The SMILES string of the molecule is COc1cccc([C@@H](C)N[C@@H](C)C(=O)O)c1. The first-order valence-electron chi connectivity index (χ1n) is 5.17. The maximum atomic E-state index is 10.7. The highest BCUT2D eigenvalue weighted by molar-refractivity contribution is 5.72. The van der Waals surface area contributed by atoms with Crippen LogP contribution in [0.1, 0.15) is 25.5 Å². The Morgan fingerprint density at radius 1 is 1.44 bits per heavy atom. The summed E-state index contributed by atoms with van der Waals surface area (Å²) < 4.78 is 5.11.